The first-order valence-corrected chi connectivity index (χ1v) is 9.16. The molecule has 0 amide bonds. The second kappa shape index (κ2) is 8.32. The minimum Gasteiger partial charge on any atom is -0.452 e. The minimum absolute atomic E-state index is 0.0715. The van der Waals surface area contributed by atoms with Crippen molar-refractivity contribution < 1.29 is 53.4 Å². The van der Waals surface area contributed by atoms with Crippen LogP contribution >= 0.6 is 0 Å². The smallest absolute Gasteiger partial charge is 0.422 e. The van der Waals surface area contributed by atoms with Gasteiger partial charge in [0.1, 0.15) is 5.75 Å². The van der Waals surface area contributed by atoms with E-state index in [4.69, 9.17) is 4.74 Å². The molecular formula is C17H13F3IO4+. The average Bonchev–Trinajstić information content (AvgIpc) is 2.54. The van der Waals surface area contributed by atoms with Crippen molar-refractivity contribution in [3.05, 3.63) is 61.2 Å². The molecule has 2 rings (SSSR count). The minimum atomic E-state index is -4.54. The number of halogens is 4. The van der Waals surface area contributed by atoms with Gasteiger partial charge in [-0.2, -0.15) is 13.2 Å². The number of hydrogen-bond acceptors (Lipinski definition) is 4. The van der Waals surface area contributed by atoms with E-state index in [0.29, 0.717) is 5.75 Å². The molecule has 132 valence electrons. The molecule has 4 nitrogen and oxygen atoms in total. The van der Waals surface area contributed by atoms with Gasteiger partial charge >= 0.3 is 39.3 Å². The van der Waals surface area contributed by atoms with Crippen molar-refractivity contribution in [2.24, 2.45) is 0 Å². The Morgan fingerprint density at radius 1 is 0.960 bits per heavy atom. The third kappa shape index (κ3) is 6.73. The van der Waals surface area contributed by atoms with Crippen LogP contribution in [0, 0.1) is 7.14 Å². The lowest BCUT2D eigenvalue weighted by molar-refractivity contribution is -0.597. The van der Waals surface area contributed by atoms with Gasteiger partial charge in [0, 0.05) is 6.92 Å². The maximum absolute atomic E-state index is 12.0. The van der Waals surface area contributed by atoms with E-state index in [1.165, 1.54) is 19.1 Å². The summed E-state index contributed by atoms with van der Waals surface area (Å²) in [6.45, 7) is -0.280. The summed E-state index contributed by atoms with van der Waals surface area (Å²) in [7, 11) is 0. The second-order valence-corrected chi connectivity index (χ2v) is 7.87. The number of alkyl halides is 3. The number of carbonyl (C=O) groups excluding carboxylic acids is 2. The van der Waals surface area contributed by atoms with E-state index in [1.54, 1.807) is 24.3 Å². The van der Waals surface area contributed by atoms with Crippen LogP contribution in [-0.4, -0.2) is 24.7 Å². The zero-order chi connectivity index (χ0) is 18.4. The maximum Gasteiger partial charge on any atom is 0.422 e. The summed E-state index contributed by atoms with van der Waals surface area (Å²) in [6, 6.07) is 13.4. The maximum atomic E-state index is 12.0. The van der Waals surface area contributed by atoms with E-state index in [1.807, 2.05) is 12.1 Å². The van der Waals surface area contributed by atoms with Crippen LogP contribution in [0.1, 0.15) is 17.3 Å². The van der Waals surface area contributed by atoms with Gasteiger partial charge in [0.15, 0.2) is 13.7 Å². The highest BCUT2D eigenvalue weighted by molar-refractivity contribution is 5.89. The van der Waals surface area contributed by atoms with Gasteiger partial charge in [0.05, 0.1) is 5.56 Å². The molecule has 25 heavy (non-hydrogen) atoms. The van der Waals surface area contributed by atoms with Crippen LogP contribution in [0.5, 0.6) is 5.75 Å². The highest BCUT2D eigenvalue weighted by Crippen LogP contribution is 2.15. The van der Waals surface area contributed by atoms with E-state index >= 15 is 0 Å². The van der Waals surface area contributed by atoms with E-state index in [0.717, 1.165) is 7.14 Å². The fourth-order valence-corrected chi connectivity index (χ4v) is 3.89. The Hall–Kier alpha value is -2.10. The monoisotopic (exact) mass is 465 g/mol. The molecular weight excluding hydrogens is 452 g/mol. The van der Waals surface area contributed by atoms with Crippen molar-refractivity contribution in [1.29, 1.82) is 0 Å². The summed E-state index contributed by atoms with van der Waals surface area (Å²) in [5.74, 6) is -0.939. The molecule has 2 aromatic carbocycles. The summed E-state index contributed by atoms with van der Waals surface area (Å²) in [6.07, 6.45) is -4.54. The van der Waals surface area contributed by atoms with Crippen LogP contribution < -0.4 is 25.9 Å². The predicted molar refractivity (Wildman–Crippen MR) is 77.9 cm³/mol. The fraction of sp³-hybridized carbons (Fsp3) is 0.176. The molecule has 0 N–H and O–H groups in total. The number of carbonyl (C=O) groups is 2. The van der Waals surface area contributed by atoms with Gasteiger partial charge in [0.2, 0.25) is 0 Å². The molecule has 0 aliphatic carbocycles. The number of rotatable bonds is 5. The predicted octanol–water partition coefficient (Wildman–Crippen LogP) is 0.459. The Morgan fingerprint density at radius 2 is 1.48 bits per heavy atom. The molecule has 0 fully saturated rings. The Labute approximate surface area is 152 Å². The lowest BCUT2D eigenvalue weighted by Gasteiger charge is -2.07. The molecule has 2 aromatic rings. The van der Waals surface area contributed by atoms with Gasteiger partial charge in [-0.05, 0) is 48.5 Å². The summed E-state index contributed by atoms with van der Waals surface area (Å²) in [5.41, 5.74) is 0.0715. The molecule has 0 aromatic heterocycles. The number of benzene rings is 2. The summed E-state index contributed by atoms with van der Waals surface area (Å²) in [4.78, 5) is 22.4. The average molecular weight is 465 g/mol. The van der Waals surface area contributed by atoms with Crippen molar-refractivity contribution in [2.75, 3.05) is 6.61 Å². The van der Waals surface area contributed by atoms with Crippen LogP contribution in [0.4, 0.5) is 13.2 Å². The van der Waals surface area contributed by atoms with Gasteiger partial charge in [-0.25, -0.2) is 4.79 Å². The SMILES string of the molecule is CC(=O)Oc1ccc([I+]c2ccc(C(=O)OCC(F)(F)F)cc2)cc1. The van der Waals surface area contributed by atoms with Gasteiger partial charge in [0.25, 0.3) is 0 Å². The fourth-order valence-electron chi connectivity index (χ4n) is 1.74. The van der Waals surface area contributed by atoms with Gasteiger partial charge in [-0.1, -0.05) is 0 Å². The molecule has 0 spiro atoms. The van der Waals surface area contributed by atoms with E-state index < -0.39 is 45.9 Å². The molecule has 0 unspecified atom stereocenters. The quantitative estimate of drug-likeness (QED) is 0.366. The number of hydrogen-bond donors (Lipinski definition) is 0. The third-order valence-corrected chi connectivity index (χ3v) is 5.42. The van der Waals surface area contributed by atoms with E-state index in [9.17, 15) is 22.8 Å². The molecule has 0 aliphatic rings. The molecule has 0 aliphatic heterocycles. The molecule has 0 saturated heterocycles. The lowest BCUT2D eigenvalue weighted by Crippen LogP contribution is -3.61. The summed E-state index contributed by atoms with van der Waals surface area (Å²) >= 11 is -0.538. The van der Waals surface area contributed by atoms with E-state index in [2.05, 4.69) is 4.74 Å². The van der Waals surface area contributed by atoms with Crippen molar-refractivity contribution in [3.63, 3.8) is 0 Å². The number of esters is 2. The molecule has 0 bridgehead atoms. The van der Waals surface area contributed by atoms with Gasteiger partial charge in [-0.15, -0.1) is 0 Å². The van der Waals surface area contributed by atoms with Gasteiger partial charge < -0.3 is 9.47 Å². The van der Waals surface area contributed by atoms with Crippen LogP contribution in [0.2, 0.25) is 0 Å². The topological polar surface area (TPSA) is 52.6 Å². The number of ether oxygens (including phenoxy) is 2. The molecule has 0 heterocycles. The van der Waals surface area contributed by atoms with Crippen molar-refractivity contribution in [1.82, 2.24) is 0 Å². The first kappa shape index (κ1) is 19.2. The first-order chi connectivity index (χ1) is 11.7. The molecule has 0 saturated carbocycles. The lowest BCUT2D eigenvalue weighted by atomic mass is 10.2. The van der Waals surface area contributed by atoms with Crippen LogP contribution in [0.15, 0.2) is 48.5 Å². The van der Waals surface area contributed by atoms with Crippen LogP contribution in [0.25, 0.3) is 0 Å². The largest absolute Gasteiger partial charge is 0.452 e. The van der Waals surface area contributed by atoms with Crippen molar-refractivity contribution in [2.45, 2.75) is 13.1 Å². The highest BCUT2D eigenvalue weighted by atomic mass is 127. The standard InChI is InChI=1S/C17H13F3IO4/c1-11(22)25-15-8-6-14(7-9-15)21-13-4-2-12(3-5-13)16(23)24-10-17(18,19)20/h2-9H,10H2,1H3/q+1. The zero-order valence-corrected chi connectivity index (χ0v) is 15.1. The first-order valence-electron chi connectivity index (χ1n) is 7.00. The summed E-state index contributed by atoms with van der Waals surface area (Å²) < 4.78 is 47.3. The van der Waals surface area contributed by atoms with Crippen molar-refractivity contribution >= 4 is 11.9 Å². The summed E-state index contributed by atoms with van der Waals surface area (Å²) in [5, 5.41) is 0. The normalized spacial score (nSPS) is 11.0. The third-order valence-electron chi connectivity index (χ3n) is 2.74. The Morgan fingerprint density at radius 3 is 1.96 bits per heavy atom. The second-order valence-electron chi connectivity index (χ2n) is 4.84. The molecule has 0 atom stereocenters. The Balaban J connectivity index is 1.95. The van der Waals surface area contributed by atoms with Crippen LogP contribution in [-0.2, 0) is 9.53 Å². The Kier molecular flexibility index (Phi) is 6.40. The Bertz CT molecular complexity index is 740. The molecule has 0 radical (unpaired) electrons. The van der Waals surface area contributed by atoms with E-state index in [-0.39, 0.29) is 5.56 Å². The van der Waals surface area contributed by atoms with Crippen LogP contribution in [0.3, 0.4) is 0 Å². The highest BCUT2D eigenvalue weighted by Gasteiger charge is 2.30. The van der Waals surface area contributed by atoms with Crippen molar-refractivity contribution in [3.8, 4) is 5.75 Å². The molecule has 8 heteroatoms. The van der Waals surface area contributed by atoms with Gasteiger partial charge in [-0.3, -0.25) is 4.79 Å². The zero-order valence-electron chi connectivity index (χ0n) is 13.0.